The third-order valence-corrected chi connectivity index (χ3v) is 42.1. The van der Waals surface area contributed by atoms with Gasteiger partial charge in [-0.05, 0) is 231 Å². The van der Waals surface area contributed by atoms with Crippen LogP contribution in [0.2, 0.25) is 0 Å². The molecule has 0 radical (unpaired) electrons. The number of allylic oxidation sites excluding steroid dienone is 6. The first-order valence-corrected chi connectivity index (χ1v) is 63.6. The number of aryl methyl sites for hydroxylation is 6. The maximum absolute atomic E-state index is 14.6. The molecule has 0 bridgehead atoms. The zero-order valence-corrected chi connectivity index (χ0v) is 95.7. The van der Waals surface area contributed by atoms with Crippen molar-refractivity contribution in [3.8, 4) is 91.5 Å². The molecule has 0 amide bonds. The smallest absolute Gasteiger partial charge is 0.270 e. The Morgan fingerprint density at radius 3 is 0.861 bits per heavy atom. The SMILES string of the molecule is [C-]#[N+]C(C#N)=C1/C(=C/c2cc(CCCCCC)c(-c3cc(CCCCCC)c(-c4cc(CCCCCC)c(-c5cc6c(-c7ccc(CC(CCCC)CCCCCC)s7)c7sc(-c8sc(-c9sc(-c%10sc(/C=C%11\C(=O)c%12ccccc%12\C%11=C(\C#N)[N+]#[C-])cc%10CCCCCC)cc9CCCCCC)cc8CCCCCC)cc7c(-c7ccc(CC(CCCC)CCCCCC)s7)c6s5)s4)s3)s2)C(=O)c2ccccc21. The van der Waals surface area contributed by atoms with Crippen LogP contribution in [0.4, 0.5) is 0 Å². The number of Topliss-reactive ketones (excluding diaryl/α,β-unsaturated/α-hetero) is 2. The number of fused-ring (bicyclic) bond motifs is 4. The Bertz CT molecular complexity index is 6330. The molecular weight excluding hydrogens is 1950 g/mol. The van der Waals surface area contributed by atoms with Gasteiger partial charge in [0, 0.05) is 153 Å². The number of carbonyl (C=O) groups is 2. The number of carbonyl (C=O) groups excluding carboxylic acids is 2. The van der Waals surface area contributed by atoms with Gasteiger partial charge in [0.1, 0.15) is 0 Å². The summed E-state index contributed by atoms with van der Waals surface area (Å²) < 4.78 is 2.82. The largest absolute Gasteiger partial charge is 0.289 e. The minimum absolute atomic E-state index is 0.0461. The predicted molar refractivity (Wildman–Crippen MR) is 638 cm³/mol. The average molecular weight is 2100 g/mol. The van der Waals surface area contributed by atoms with E-state index in [1.807, 2.05) is 83.4 Å². The zero-order chi connectivity index (χ0) is 101. The number of ketones is 2. The first-order valence-electron chi connectivity index (χ1n) is 55.4. The molecular formula is C128H150N4O2S10. The molecule has 0 N–H and O–H groups in total. The maximum Gasteiger partial charge on any atom is 0.270 e. The Hall–Kier alpha value is -8.56. The van der Waals surface area contributed by atoms with Gasteiger partial charge in [0.2, 0.25) is 0 Å². The monoisotopic (exact) mass is 2090 g/mol. The van der Waals surface area contributed by atoms with Crippen molar-refractivity contribution < 1.29 is 9.59 Å². The van der Waals surface area contributed by atoms with Crippen LogP contribution in [-0.4, -0.2) is 11.6 Å². The second-order valence-corrected chi connectivity index (χ2v) is 51.4. The maximum atomic E-state index is 14.6. The highest BCUT2D eigenvalue weighted by atomic mass is 32.1. The molecule has 13 aromatic rings. The van der Waals surface area contributed by atoms with Crippen molar-refractivity contribution in [1.82, 2.24) is 0 Å². The third-order valence-electron chi connectivity index (χ3n) is 29.5. The Morgan fingerprint density at radius 2 is 0.569 bits per heavy atom. The van der Waals surface area contributed by atoms with E-state index < -0.39 is 0 Å². The second-order valence-electron chi connectivity index (χ2n) is 40.6. The molecule has 2 aliphatic rings. The lowest BCUT2D eigenvalue weighted by molar-refractivity contribution is 0.103. The lowest BCUT2D eigenvalue weighted by Gasteiger charge is -2.16. The molecule has 16 heteroatoms. The normalized spacial score (nSPS) is 14.3. The van der Waals surface area contributed by atoms with Crippen LogP contribution < -0.4 is 0 Å². The van der Waals surface area contributed by atoms with Gasteiger partial charge in [0.15, 0.2) is 11.6 Å². The van der Waals surface area contributed by atoms with E-state index in [1.165, 1.54) is 335 Å². The van der Waals surface area contributed by atoms with Crippen molar-refractivity contribution >= 4 is 168 Å². The topological polar surface area (TPSA) is 90.4 Å². The van der Waals surface area contributed by atoms with Crippen LogP contribution >= 0.6 is 113 Å². The summed E-state index contributed by atoms with van der Waals surface area (Å²) >= 11 is 20.0. The molecule has 0 spiro atoms. The molecule has 10 heterocycles. The minimum atomic E-state index is -0.131. The summed E-state index contributed by atoms with van der Waals surface area (Å²) in [6.07, 6.45) is 60.6. The highest BCUT2D eigenvalue weighted by molar-refractivity contribution is 7.32. The average Bonchev–Trinajstić information content (AvgIpc) is 1.55. The summed E-state index contributed by atoms with van der Waals surface area (Å²) in [7, 11) is 0. The molecule has 0 aliphatic heterocycles. The van der Waals surface area contributed by atoms with Crippen LogP contribution in [0, 0.1) is 47.6 Å². The molecule has 2 unspecified atom stereocenters. The van der Waals surface area contributed by atoms with E-state index in [2.05, 4.69) is 232 Å². The van der Waals surface area contributed by atoms with Crippen LogP contribution in [0.5, 0.6) is 0 Å². The molecule has 754 valence electrons. The number of hydrogen-bond donors (Lipinski definition) is 0. The lowest BCUT2D eigenvalue weighted by Crippen LogP contribution is -2.04. The molecule has 15 rings (SSSR count). The fourth-order valence-corrected chi connectivity index (χ4v) is 34.6. The third kappa shape index (κ3) is 26.8. The van der Waals surface area contributed by atoms with Crippen molar-refractivity contribution in [3.63, 3.8) is 0 Å². The lowest BCUT2D eigenvalue weighted by atomic mass is 9.92. The van der Waals surface area contributed by atoms with Gasteiger partial charge in [-0.2, -0.15) is 0 Å². The molecule has 0 saturated carbocycles. The van der Waals surface area contributed by atoms with E-state index in [1.54, 1.807) is 22.7 Å². The fraction of sp³-hybridized carbons (Fsp3) is 0.469. The van der Waals surface area contributed by atoms with Crippen molar-refractivity contribution in [2.75, 3.05) is 0 Å². The van der Waals surface area contributed by atoms with Gasteiger partial charge in [0.25, 0.3) is 11.4 Å². The fourth-order valence-electron chi connectivity index (χ4n) is 21.7. The van der Waals surface area contributed by atoms with Crippen molar-refractivity contribution in [3.05, 3.63) is 242 Å². The number of nitriles is 2. The van der Waals surface area contributed by atoms with Gasteiger partial charge in [-0.3, -0.25) is 9.59 Å². The van der Waals surface area contributed by atoms with E-state index in [-0.39, 0.29) is 23.0 Å². The number of rotatable bonds is 60. The summed E-state index contributed by atoms with van der Waals surface area (Å²) in [4.78, 5) is 60.7. The van der Waals surface area contributed by atoms with Crippen LogP contribution in [-0.2, 0) is 51.4 Å². The number of nitrogens with zero attached hydrogens (tertiary/aromatic N) is 4. The zero-order valence-electron chi connectivity index (χ0n) is 87.5. The molecule has 2 aliphatic carbocycles. The van der Waals surface area contributed by atoms with Crippen molar-refractivity contribution in [2.24, 2.45) is 11.8 Å². The van der Waals surface area contributed by atoms with Crippen LogP contribution in [0.15, 0.2) is 144 Å². The van der Waals surface area contributed by atoms with Gasteiger partial charge in [-0.25, -0.2) is 20.2 Å². The first-order chi connectivity index (χ1) is 70.7. The highest BCUT2D eigenvalue weighted by Crippen LogP contribution is 2.59. The quantitative estimate of drug-likeness (QED) is 0.0164. The Balaban J connectivity index is 0.940. The number of hydrogen-bond acceptors (Lipinski definition) is 14. The molecule has 0 saturated heterocycles. The second kappa shape index (κ2) is 55.6. The summed E-state index contributed by atoms with van der Waals surface area (Å²) in [5.74, 6) is 1.05. The summed E-state index contributed by atoms with van der Waals surface area (Å²) in [5.41, 5.74) is 15.4. The summed E-state index contributed by atoms with van der Waals surface area (Å²) in [5, 5.41) is 23.7. The van der Waals surface area contributed by atoms with E-state index in [9.17, 15) is 20.1 Å². The standard InChI is InChI=1S/C128H150N4O2S10/c1-13-23-33-41-55-85(53-31-21-9)71-93-67-69-107(135-93)117-103-81-113(125-91(61-47-39-29-19-7)77-111(141-125)123-89(59-45-37-27-17-5)75-109(139-123)121-87(57-43-35-25-15-3)73-95(137-121)79-101-115(105(83-129)131-11)97-63-49-51-65-99(97)119(101)133)144-128(103)118(108-70-68-94(136-108)72-86(54-32-22-10)56-42-34-24-14-2)104-82-114(143-127(104)117)126-92(62-48-40-30-20-8)78-112(142-126)124-90(60-46-38-28-18-6)76-110(140-124)122-88(58-44-36-26-16-4)74-96(138-122)80-102-116(106(84-130)132-12)98-64-50-52-66-100(98)120(102)134/h49-52,63-70,73-82,85-86H,13-48,53-62,71-72H2,1-10H3/b101-79-,102-80-,115-105+,116-106?. The Labute approximate surface area is 902 Å². The molecule has 0 fully saturated rings. The van der Waals surface area contributed by atoms with Gasteiger partial charge in [-0.1, -0.05) is 336 Å². The molecule has 3 aromatic carbocycles. The van der Waals surface area contributed by atoms with E-state index in [4.69, 9.17) is 13.1 Å². The predicted octanol–water partition coefficient (Wildman–Crippen LogP) is 44.2. The first kappa shape index (κ1) is 110. The molecule has 144 heavy (non-hydrogen) atoms. The van der Waals surface area contributed by atoms with Crippen LogP contribution in [0.3, 0.4) is 0 Å². The number of thiophene rings is 10. The Kier molecular flexibility index (Phi) is 42.3. The van der Waals surface area contributed by atoms with Gasteiger partial charge < -0.3 is 0 Å². The van der Waals surface area contributed by atoms with Crippen molar-refractivity contribution in [2.45, 2.75) is 377 Å². The number of benzene rings is 3. The highest BCUT2D eigenvalue weighted by Gasteiger charge is 2.37. The minimum Gasteiger partial charge on any atom is -0.289 e. The molecule has 10 aromatic heterocycles. The van der Waals surface area contributed by atoms with Gasteiger partial charge in [0.05, 0.1) is 25.3 Å². The molecule has 2 atom stereocenters. The summed E-state index contributed by atoms with van der Waals surface area (Å²) in [6.45, 7) is 39.7. The van der Waals surface area contributed by atoms with Crippen LogP contribution in [0.1, 0.15) is 411 Å². The Morgan fingerprint density at radius 1 is 0.299 bits per heavy atom. The van der Waals surface area contributed by atoms with Gasteiger partial charge >= 0.3 is 0 Å². The molecule has 6 nitrogen and oxygen atoms in total. The summed E-state index contributed by atoms with van der Waals surface area (Å²) in [6, 6.07) is 50.1. The van der Waals surface area contributed by atoms with Crippen LogP contribution in [0.25, 0.3) is 133 Å². The van der Waals surface area contributed by atoms with E-state index >= 15 is 0 Å². The van der Waals surface area contributed by atoms with E-state index in [0.717, 1.165) is 125 Å². The van der Waals surface area contributed by atoms with E-state index in [0.29, 0.717) is 56.4 Å². The van der Waals surface area contributed by atoms with Crippen molar-refractivity contribution in [1.29, 1.82) is 10.5 Å². The number of unbranched alkanes of at least 4 members (excludes halogenated alkanes) is 26. The van der Waals surface area contributed by atoms with Gasteiger partial charge in [-0.15, -0.1) is 113 Å².